The van der Waals surface area contributed by atoms with E-state index < -0.39 is 0 Å². The van der Waals surface area contributed by atoms with Crippen LogP contribution in [0.2, 0.25) is 0 Å². The zero-order valence-electron chi connectivity index (χ0n) is 22.7. The molecule has 1 N–H and O–H groups in total. The van der Waals surface area contributed by atoms with Crippen LogP contribution in [0, 0.1) is 5.92 Å². The quantitative estimate of drug-likeness (QED) is 0.320. The molecule has 6 rings (SSSR count). The lowest BCUT2D eigenvalue weighted by Crippen LogP contribution is -2.51. The van der Waals surface area contributed by atoms with E-state index in [1.54, 1.807) is 0 Å². The predicted molar refractivity (Wildman–Crippen MR) is 158 cm³/mol. The van der Waals surface area contributed by atoms with E-state index in [9.17, 15) is 9.59 Å². The van der Waals surface area contributed by atoms with Gasteiger partial charge in [-0.05, 0) is 72.3 Å². The van der Waals surface area contributed by atoms with E-state index in [4.69, 9.17) is 0 Å². The van der Waals surface area contributed by atoms with E-state index in [0.29, 0.717) is 6.04 Å². The van der Waals surface area contributed by atoms with Crippen molar-refractivity contribution < 1.29 is 9.59 Å². The van der Waals surface area contributed by atoms with Crippen molar-refractivity contribution in [2.45, 2.75) is 44.7 Å². The Kier molecular flexibility index (Phi) is 7.34. The molecule has 5 nitrogen and oxygen atoms in total. The number of rotatable bonds is 5. The molecule has 0 aliphatic carbocycles. The zero-order chi connectivity index (χ0) is 26.8. The summed E-state index contributed by atoms with van der Waals surface area (Å²) >= 11 is 0. The number of carbonyl (C=O) groups excluding carboxylic acids is 2. The van der Waals surface area contributed by atoms with Crippen LogP contribution in [0.1, 0.15) is 54.6 Å². The Hall–Kier alpha value is -3.70. The van der Waals surface area contributed by atoms with Gasteiger partial charge in [0.05, 0.1) is 17.5 Å². The summed E-state index contributed by atoms with van der Waals surface area (Å²) in [4.78, 5) is 31.6. The largest absolute Gasteiger partial charge is 0.349 e. The van der Waals surface area contributed by atoms with Crippen LogP contribution in [0.4, 0.5) is 0 Å². The maximum atomic E-state index is 13.9. The number of nitrogens with one attached hydrogen (secondary N) is 1. The summed E-state index contributed by atoms with van der Waals surface area (Å²) in [6.07, 6.45) is 3.88. The summed E-state index contributed by atoms with van der Waals surface area (Å²) in [6, 6.07) is 29.2. The van der Waals surface area contributed by atoms with E-state index in [1.807, 2.05) is 47.4 Å². The van der Waals surface area contributed by atoms with E-state index in [1.165, 1.54) is 0 Å². The number of likely N-dealkylation sites (tertiary alicyclic amines) is 2. The third kappa shape index (κ3) is 5.28. The van der Waals surface area contributed by atoms with E-state index in [-0.39, 0.29) is 23.8 Å². The Morgan fingerprint density at radius 1 is 0.795 bits per heavy atom. The topological polar surface area (TPSA) is 52.7 Å². The maximum Gasteiger partial charge on any atom is 0.255 e. The number of fused-ring (bicyclic) bond motifs is 2. The zero-order valence-corrected chi connectivity index (χ0v) is 22.7. The second-order valence-corrected chi connectivity index (χ2v) is 11.2. The third-order valence-corrected chi connectivity index (χ3v) is 8.74. The van der Waals surface area contributed by atoms with Gasteiger partial charge in [0.2, 0.25) is 5.91 Å². The molecular formula is C34H37N3O2. The summed E-state index contributed by atoms with van der Waals surface area (Å²) in [6.45, 7) is 5.39. The number of benzene rings is 4. The maximum absolute atomic E-state index is 13.9. The van der Waals surface area contributed by atoms with Crippen LogP contribution in [-0.2, 0) is 4.79 Å². The molecule has 2 heterocycles. The molecule has 0 saturated carbocycles. The Morgan fingerprint density at radius 3 is 2.08 bits per heavy atom. The van der Waals surface area contributed by atoms with Crippen molar-refractivity contribution in [3.8, 4) is 0 Å². The molecule has 200 valence electrons. The van der Waals surface area contributed by atoms with Gasteiger partial charge in [0.25, 0.3) is 5.91 Å². The monoisotopic (exact) mass is 519 g/mol. The highest BCUT2D eigenvalue weighted by molar-refractivity contribution is 6.18. The smallest absolute Gasteiger partial charge is 0.255 e. The van der Waals surface area contributed by atoms with Gasteiger partial charge >= 0.3 is 0 Å². The minimum absolute atomic E-state index is 0.00785. The summed E-state index contributed by atoms with van der Waals surface area (Å²) in [5, 5.41) is 7.50. The van der Waals surface area contributed by atoms with Crippen molar-refractivity contribution in [1.82, 2.24) is 15.1 Å². The summed E-state index contributed by atoms with van der Waals surface area (Å²) in [7, 11) is 0. The summed E-state index contributed by atoms with van der Waals surface area (Å²) < 4.78 is 0. The van der Waals surface area contributed by atoms with Crippen molar-refractivity contribution in [3.05, 3.63) is 96.1 Å². The van der Waals surface area contributed by atoms with Gasteiger partial charge in [0, 0.05) is 25.7 Å². The fourth-order valence-corrected chi connectivity index (χ4v) is 6.54. The molecule has 2 aliphatic heterocycles. The molecule has 0 spiro atoms. The molecule has 2 saturated heterocycles. The molecule has 0 radical (unpaired) electrons. The van der Waals surface area contributed by atoms with Gasteiger partial charge in [-0.2, -0.15) is 0 Å². The van der Waals surface area contributed by atoms with Crippen molar-refractivity contribution in [1.29, 1.82) is 0 Å². The number of nitrogens with zero attached hydrogens (tertiary/aromatic N) is 2. The van der Waals surface area contributed by atoms with E-state index >= 15 is 0 Å². The third-order valence-electron chi connectivity index (χ3n) is 8.74. The molecule has 0 aromatic heterocycles. The van der Waals surface area contributed by atoms with Crippen molar-refractivity contribution in [3.63, 3.8) is 0 Å². The van der Waals surface area contributed by atoms with Crippen LogP contribution in [0.3, 0.4) is 0 Å². The minimum atomic E-state index is 0.00785. The Morgan fingerprint density at radius 2 is 1.41 bits per heavy atom. The number of hydrogen-bond donors (Lipinski definition) is 1. The average Bonchev–Trinajstić information content (AvgIpc) is 3.00. The molecule has 2 atom stereocenters. The molecule has 5 heteroatoms. The molecule has 2 fully saturated rings. The van der Waals surface area contributed by atoms with Crippen LogP contribution < -0.4 is 5.32 Å². The SMILES string of the molecule is CC(NC(=O)[C@@H]1CCCN(C2CCN(C(=O)c3c4ccccc4cc4ccccc34)CC2)C1)c1ccccc1. The highest BCUT2D eigenvalue weighted by Gasteiger charge is 2.33. The highest BCUT2D eigenvalue weighted by Crippen LogP contribution is 2.31. The van der Waals surface area contributed by atoms with Crippen LogP contribution >= 0.6 is 0 Å². The normalized spacial score (nSPS) is 19.7. The summed E-state index contributed by atoms with van der Waals surface area (Å²) in [5.74, 6) is 0.311. The molecule has 4 aromatic carbocycles. The van der Waals surface area contributed by atoms with E-state index in [2.05, 4.69) is 59.6 Å². The number of carbonyl (C=O) groups is 2. The first-order valence-electron chi connectivity index (χ1n) is 14.4. The average molecular weight is 520 g/mol. The van der Waals surface area contributed by atoms with Gasteiger partial charge in [-0.25, -0.2) is 0 Å². The fraction of sp³-hybridized carbons (Fsp3) is 0.353. The Labute approximate surface area is 230 Å². The van der Waals surface area contributed by atoms with Crippen LogP contribution in [0.5, 0.6) is 0 Å². The molecular weight excluding hydrogens is 482 g/mol. The highest BCUT2D eigenvalue weighted by atomic mass is 16.2. The van der Waals surface area contributed by atoms with Gasteiger partial charge in [0.1, 0.15) is 0 Å². The molecule has 4 aromatic rings. The Balaban J connectivity index is 1.11. The van der Waals surface area contributed by atoms with Gasteiger partial charge in [0.15, 0.2) is 0 Å². The molecule has 1 unspecified atom stereocenters. The minimum Gasteiger partial charge on any atom is -0.349 e. The molecule has 2 amide bonds. The second-order valence-electron chi connectivity index (χ2n) is 11.2. The second kappa shape index (κ2) is 11.2. The lowest BCUT2D eigenvalue weighted by atomic mass is 9.92. The lowest BCUT2D eigenvalue weighted by Gasteiger charge is -2.42. The number of piperidine rings is 2. The first kappa shape index (κ1) is 25.6. The number of amides is 2. The van der Waals surface area contributed by atoms with Crippen LogP contribution in [-0.4, -0.2) is 53.8 Å². The van der Waals surface area contributed by atoms with Crippen LogP contribution in [0.25, 0.3) is 21.5 Å². The van der Waals surface area contributed by atoms with Crippen molar-refractivity contribution >= 4 is 33.4 Å². The van der Waals surface area contributed by atoms with Crippen molar-refractivity contribution in [2.24, 2.45) is 5.92 Å². The first-order chi connectivity index (χ1) is 19.1. The summed E-state index contributed by atoms with van der Waals surface area (Å²) in [5.41, 5.74) is 1.96. The standard InChI is InChI=1S/C34H37N3O2/c1-24(25-10-3-2-4-11-25)35-33(38)28-14-9-19-37(23-28)29-17-20-36(21-18-29)34(39)32-30-15-7-5-12-26(30)22-27-13-6-8-16-31(27)32/h2-8,10-13,15-16,22,24,28-29H,9,14,17-21,23H2,1H3,(H,35,38)/t24?,28-/m1/s1. The van der Waals surface area contributed by atoms with Gasteiger partial charge in [-0.15, -0.1) is 0 Å². The van der Waals surface area contributed by atoms with Gasteiger partial charge in [-0.3, -0.25) is 14.5 Å². The molecule has 0 bridgehead atoms. The molecule has 39 heavy (non-hydrogen) atoms. The van der Waals surface area contributed by atoms with Crippen LogP contribution in [0.15, 0.2) is 84.9 Å². The van der Waals surface area contributed by atoms with Crippen molar-refractivity contribution in [2.75, 3.05) is 26.2 Å². The number of hydrogen-bond acceptors (Lipinski definition) is 3. The molecule has 2 aliphatic rings. The Bertz CT molecular complexity index is 1420. The first-order valence-corrected chi connectivity index (χ1v) is 14.4. The van der Waals surface area contributed by atoms with E-state index in [0.717, 1.165) is 84.5 Å². The van der Waals surface area contributed by atoms with Gasteiger partial charge in [-0.1, -0.05) is 78.9 Å². The van der Waals surface area contributed by atoms with Gasteiger partial charge < -0.3 is 10.2 Å². The lowest BCUT2D eigenvalue weighted by molar-refractivity contribution is -0.127. The predicted octanol–water partition coefficient (Wildman–Crippen LogP) is 6.19. The fourth-order valence-electron chi connectivity index (χ4n) is 6.54.